The molecule has 0 aliphatic heterocycles. The number of nitrogens with zero attached hydrogens (tertiary/aromatic N) is 2. The van der Waals surface area contributed by atoms with Gasteiger partial charge in [-0.2, -0.15) is 5.10 Å². The first-order valence-corrected chi connectivity index (χ1v) is 7.15. The molecule has 0 saturated carbocycles. The zero-order valence-corrected chi connectivity index (χ0v) is 12.7. The van der Waals surface area contributed by atoms with Gasteiger partial charge < -0.3 is 10.1 Å². The van der Waals surface area contributed by atoms with Gasteiger partial charge in [0.2, 0.25) is 5.88 Å². The van der Waals surface area contributed by atoms with Crippen molar-refractivity contribution in [2.45, 2.75) is 33.7 Å². The highest BCUT2D eigenvalue weighted by atomic mass is 16.5. The average Bonchev–Trinajstić information content (AvgIpc) is 2.72. The Morgan fingerprint density at radius 2 is 1.90 bits per heavy atom. The van der Waals surface area contributed by atoms with Gasteiger partial charge in [0.15, 0.2) is 0 Å². The lowest BCUT2D eigenvalue weighted by Crippen LogP contribution is -2.12. The second kappa shape index (κ2) is 6.57. The maximum Gasteiger partial charge on any atom is 0.222 e. The van der Waals surface area contributed by atoms with E-state index in [1.165, 1.54) is 5.56 Å². The van der Waals surface area contributed by atoms with E-state index in [0.717, 1.165) is 42.4 Å². The standard InChI is InChI=1S/C16H23N3O/c1-5-13-7-9-14(10-8-13)20-16-15(11-17-6-2)12(3)18-19(16)4/h7-10,17H,5-6,11H2,1-4H3. The smallest absolute Gasteiger partial charge is 0.222 e. The maximum absolute atomic E-state index is 6.02. The summed E-state index contributed by atoms with van der Waals surface area (Å²) in [6.07, 6.45) is 1.04. The second-order valence-electron chi connectivity index (χ2n) is 4.87. The third-order valence-electron chi connectivity index (χ3n) is 3.39. The number of aryl methyl sites for hydroxylation is 3. The fourth-order valence-corrected chi connectivity index (χ4v) is 2.17. The molecular weight excluding hydrogens is 250 g/mol. The Morgan fingerprint density at radius 1 is 1.20 bits per heavy atom. The maximum atomic E-state index is 6.02. The summed E-state index contributed by atoms with van der Waals surface area (Å²) in [5, 5.41) is 7.78. The summed E-state index contributed by atoms with van der Waals surface area (Å²) in [5.74, 6) is 1.66. The molecule has 1 aromatic heterocycles. The first-order chi connectivity index (χ1) is 9.65. The Hall–Kier alpha value is -1.81. The molecule has 0 atom stereocenters. The summed E-state index contributed by atoms with van der Waals surface area (Å²) in [7, 11) is 1.91. The minimum atomic E-state index is 0.776. The predicted octanol–water partition coefficient (Wildman–Crippen LogP) is 3.19. The number of aromatic nitrogens is 2. The van der Waals surface area contributed by atoms with Gasteiger partial charge in [-0.1, -0.05) is 26.0 Å². The second-order valence-corrected chi connectivity index (χ2v) is 4.87. The molecule has 0 amide bonds. The summed E-state index contributed by atoms with van der Waals surface area (Å²) in [6, 6.07) is 8.22. The largest absolute Gasteiger partial charge is 0.439 e. The van der Waals surface area contributed by atoms with Crippen LogP contribution in [-0.4, -0.2) is 16.3 Å². The summed E-state index contributed by atoms with van der Waals surface area (Å²) < 4.78 is 7.82. The van der Waals surface area contributed by atoms with Gasteiger partial charge in [-0.05, 0) is 37.6 Å². The zero-order valence-electron chi connectivity index (χ0n) is 12.7. The first-order valence-electron chi connectivity index (χ1n) is 7.15. The summed E-state index contributed by atoms with van der Waals surface area (Å²) in [5.41, 5.74) is 3.44. The summed E-state index contributed by atoms with van der Waals surface area (Å²) >= 11 is 0. The van der Waals surface area contributed by atoms with Crippen molar-refractivity contribution in [2.24, 2.45) is 7.05 Å². The minimum absolute atomic E-state index is 0.776. The third-order valence-corrected chi connectivity index (χ3v) is 3.39. The summed E-state index contributed by atoms with van der Waals surface area (Å²) in [6.45, 7) is 7.96. The van der Waals surface area contributed by atoms with Crippen LogP contribution in [0.1, 0.15) is 30.7 Å². The van der Waals surface area contributed by atoms with Crippen LogP contribution >= 0.6 is 0 Å². The van der Waals surface area contributed by atoms with Crippen LogP contribution in [0.5, 0.6) is 11.6 Å². The highest BCUT2D eigenvalue weighted by molar-refractivity contribution is 5.36. The van der Waals surface area contributed by atoms with Crippen molar-refractivity contribution in [3.05, 3.63) is 41.1 Å². The molecule has 4 nitrogen and oxygen atoms in total. The van der Waals surface area contributed by atoms with Crippen LogP contribution in [-0.2, 0) is 20.0 Å². The fraction of sp³-hybridized carbons (Fsp3) is 0.438. The molecule has 2 aromatic rings. The summed E-state index contributed by atoms with van der Waals surface area (Å²) in [4.78, 5) is 0. The highest BCUT2D eigenvalue weighted by Gasteiger charge is 2.14. The van der Waals surface area contributed by atoms with E-state index < -0.39 is 0 Å². The van der Waals surface area contributed by atoms with Gasteiger partial charge in [-0.3, -0.25) is 0 Å². The number of rotatable bonds is 6. The van der Waals surface area contributed by atoms with Crippen molar-refractivity contribution in [3.8, 4) is 11.6 Å². The molecule has 0 fully saturated rings. The van der Waals surface area contributed by atoms with Gasteiger partial charge >= 0.3 is 0 Å². The van der Waals surface area contributed by atoms with Gasteiger partial charge in [0.05, 0.1) is 11.3 Å². The zero-order chi connectivity index (χ0) is 14.5. The molecule has 0 spiro atoms. The van der Waals surface area contributed by atoms with Crippen molar-refractivity contribution < 1.29 is 4.74 Å². The van der Waals surface area contributed by atoms with Crippen LogP contribution in [0.25, 0.3) is 0 Å². The van der Waals surface area contributed by atoms with Crippen molar-refractivity contribution in [1.29, 1.82) is 0 Å². The van der Waals surface area contributed by atoms with Gasteiger partial charge in [0.25, 0.3) is 0 Å². The van der Waals surface area contributed by atoms with E-state index in [0.29, 0.717) is 0 Å². The monoisotopic (exact) mass is 273 g/mol. The molecule has 0 unspecified atom stereocenters. The molecule has 0 saturated heterocycles. The molecule has 2 rings (SSSR count). The Bertz CT molecular complexity index is 558. The average molecular weight is 273 g/mol. The van der Waals surface area contributed by atoms with Crippen LogP contribution < -0.4 is 10.1 Å². The normalized spacial score (nSPS) is 10.8. The fourth-order valence-electron chi connectivity index (χ4n) is 2.17. The highest BCUT2D eigenvalue weighted by Crippen LogP contribution is 2.27. The number of nitrogens with one attached hydrogen (secondary N) is 1. The molecule has 4 heteroatoms. The van der Waals surface area contributed by atoms with Crippen LogP contribution in [0, 0.1) is 6.92 Å². The van der Waals surface area contributed by atoms with Crippen molar-refractivity contribution in [3.63, 3.8) is 0 Å². The molecule has 1 N–H and O–H groups in total. The molecule has 20 heavy (non-hydrogen) atoms. The van der Waals surface area contributed by atoms with Crippen LogP contribution in [0.15, 0.2) is 24.3 Å². The first kappa shape index (κ1) is 14.6. The van der Waals surface area contributed by atoms with Gasteiger partial charge in [-0.15, -0.1) is 0 Å². The molecule has 0 aliphatic carbocycles. The third kappa shape index (κ3) is 3.20. The van der Waals surface area contributed by atoms with Crippen molar-refractivity contribution in [2.75, 3.05) is 6.54 Å². The Balaban J connectivity index is 2.22. The van der Waals surface area contributed by atoms with E-state index in [1.807, 2.05) is 26.1 Å². The molecule has 0 radical (unpaired) electrons. The van der Waals surface area contributed by atoms with E-state index in [9.17, 15) is 0 Å². The SMILES string of the molecule is CCNCc1c(C)nn(C)c1Oc1ccc(CC)cc1. The van der Waals surface area contributed by atoms with Crippen LogP contribution in [0.2, 0.25) is 0 Å². The van der Waals surface area contributed by atoms with E-state index in [2.05, 4.69) is 36.4 Å². The topological polar surface area (TPSA) is 39.1 Å². The lowest BCUT2D eigenvalue weighted by atomic mass is 10.2. The van der Waals surface area contributed by atoms with Crippen LogP contribution in [0.4, 0.5) is 0 Å². The van der Waals surface area contributed by atoms with Gasteiger partial charge in [0, 0.05) is 13.6 Å². The van der Waals surface area contributed by atoms with Crippen molar-refractivity contribution in [1.82, 2.24) is 15.1 Å². The van der Waals surface area contributed by atoms with Crippen LogP contribution in [0.3, 0.4) is 0 Å². The Labute approximate surface area is 120 Å². The Kier molecular flexibility index (Phi) is 4.79. The van der Waals surface area contributed by atoms with Crippen molar-refractivity contribution >= 4 is 0 Å². The lowest BCUT2D eigenvalue weighted by Gasteiger charge is -2.09. The van der Waals surface area contributed by atoms with E-state index in [4.69, 9.17) is 4.74 Å². The molecule has 108 valence electrons. The van der Waals surface area contributed by atoms with E-state index in [-0.39, 0.29) is 0 Å². The minimum Gasteiger partial charge on any atom is -0.439 e. The molecular formula is C16H23N3O. The number of ether oxygens (including phenoxy) is 1. The predicted molar refractivity (Wildman–Crippen MR) is 81.2 cm³/mol. The van der Waals surface area contributed by atoms with E-state index >= 15 is 0 Å². The van der Waals surface area contributed by atoms with Gasteiger partial charge in [-0.25, -0.2) is 4.68 Å². The number of benzene rings is 1. The number of hydrogen-bond acceptors (Lipinski definition) is 3. The quantitative estimate of drug-likeness (QED) is 0.878. The number of hydrogen-bond donors (Lipinski definition) is 1. The molecule has 1 aromatic carbocycles. The molecule has 0 aliphatic rings. The molecule has 1 heterocycles. The Morgan fingerprint density at radius 3 is 2.50 bits per heavy atom. The molecule has 0 bridgehead atoms. The van der Waals surface area contributed by atoms with E-state index in [1.54, 1.807) is 4.68 Å². The lowest BCUT2D eigenvalue weighted by molar-refractivity contribution is 0.424. The van der Waals surface area contributed by atoms with Gasteiger partial charge in [0.1, 0.15) is 5.75 Å².